The van der Waals surface area contributed by atoms with Gasteiger partial charge in [0.1, 0.15) is 11.6 Å². The lowest BCUT2D eigenvalue weighted by Crippen LogP contribution is -2.01. The monoisotopic (exact) mass is 336 g/mol. The van der Waals surface area contributed by atoms with Gasteiger partial charge in [0.05, 0.1) is 5.56 Å². The molecule has 124 valence electrons. The minimum absolute atomic E-state index is 0.173. The van der Waals surface area contributed by atoms with Crippen LogP contribution in [0.3, 0.4) is 0 Å². The van der Waals surface area contributed by atoms with Crippen molar-refractivity contribution in [2.45, 2.75) is 19.0 Å². The molecule has 0 nitrogen and oxygen atoms in total. The summed E-state index contributed by atoms with van der Waals surface area (Å²) in [7, 11) is 0. The fourth-order valence-corrected chi connectivity index (χ4v) is 2.14. The second kappa shape index (κ2) is 7.31. The molecule has 0 unspecified atom stereocenters. The Morgan fingerprint density at radius 3 is 2.33 bits per heavy atom. The van der Waals surface area contributed by atoms with Gasteiger partial charge in [0.15, 0.2) is 0 Å². The van der Waals surface area contributed by atoms with Gasteiger partial charge in [0, 0.05) is 11.5 Å². The maximum atomic E-state index is 14.2. The summed E-state index contributed by atoms with van der Waals surface area (Å²) >= 11 is 0. The van der Waals surface area contributed by atoms with Gasteiger partial charge in [-0.25, -0.2) is 8.78 Å². The molecule has 0 spiro atoms. The summed E-state index contributed by atoms with van der Waals surface area (Å²) in [5, 5.41) is 0. The molecule has 0 radical (unpaired) electrons. The quantitative estimate of drug-likeness (QED) is 0.384. The van der Waals surface area contributed by atoms with Crippen molar-refractivity contribution in [3.05, 3.63) is 71.8 Å². The molecule has 5 heteroatoms. The van der Waals surface area contributed by atoms with E-state index in [4.69, 9.17) is 0 Å². The molecule has 0 saturated heterocycles. The molecular weight excluding hydrogens is 323 g/mol. The number of benzene rings is 2. The van der Waals surface area contributed by atoms with Crippen LogP contribution in [0.5, 0.6) is 0 Å². The van der Waals surface area contributed by atoms with E-state index in [9.17, 15) is 22.0 Å². The van der Waals surface area contributed by atoms with Gasteiger partial charge in [0.2, 0.25) is 0 Å². The first kappa shape index (κ1) is 17.7. The number of rotatable bonds is 4. The average Bonchev–Trinajstić information content (AvgIpc) is 2.51. The van der Waals surface area contributed by atoms with Crippen LogP contribution in [-0.4, -0.2) is 6.18 Å². The predicted molar refractivity (Wildman–Crippen MR) is 83.2 cm³/mol. The Labute approximate surface area is 136 Å². The van der Waals surface area contributed by atoms with Crippen molar-refractivity contribution in [2.75, 3.05) is 0 Å². The van der Waals surface area contributed by atoms with Crippen LogP contribution < -0.4 is 0 Å². The molecule has 0 aliphatic rings. The molecule has 0 saturated carbocycles. The third-order valence-electron chi connectivity index (χ3n) is 3.29. The maximum Gasteiger partial charge on any atom is 0.458 e. The van der Waals surface area contributed by atoms with E-state index in [0.717, 1.165) is 23.6 Å². The molecule has 0 N–H and O–H groups in total. The zero-order valence-electron chi connectivity index (χ0n) is 12.6. The lowest BCUT2D eigenvalue weighted by Gasteiger charge is -2.07. The van der Waals surface area contributed by atoms with Gasteiger partial charge in [-0.1, -0.05) is 30.2 Å². The van der Waals surface area contributed by atoms with Crippen molar-refractivity contribution in [3.8, 4) is 23.0 Å². The minimum Gasteiger partial charge on any atom is -0.206 e. The van der Waals surface area contributed by atoms with E-state index in [1.807, 2.05) is 0 Å². The Bertz CT molecular complexity index is 807. The first-order chi connectivity index (χ1) is 11.3. The molecule has 0 bridgehead atoms. The highest BCUT2D eigenvalue weighted by molar-refractivity contribution is 5.65. The van der Waals surface area contributed by atoms with Crippen molar-refractivity contribution in [2.24, 2.45) is 0 Å². The highest BCUT2D eigenvalue weighted by atomic mass is 19.4. The van der Waals surface area contributed by atoms with E-state index in [0.29, 0.717) is 12.8 Å². The van der Waals surface area contributed by atoms with Crippen LogP contribution in [-0.2, 0) is 6.42 Å². The smallest absolute Gasteiger partial charge is 0.206 e. The van der Waals surface area contributed by atoms with Crippen molar-refractivity contribution < 1.29 is 22.0 Å². The molecule has 24 heavy (non-hydrogen) atoms. The second-order valence-electron chi connectivity index (χ2n) is 5.08. The molecule has 0 heterocycles. The summed E-state index contributed by atoms with van der Waals surface area (Å²) in [6.07, 6.45) is -1.62. The Morgan fingerprint density at radius 1 is 1.00 bits per heavy atom. The second-order valence-corrected chi connectivity index (χ2v) is 5.08. The highest BCUT2D eigenvalue weighted by Gasteiger charge is 2.23. The lowest BCUT2D eigenvalue weighted by atomic mass is 10.00. The summed E-state index contributed by atoms with van der Waals surface area (Å²) in [4.78, 5) is 0. The molecule has 2 aromatic rings. The average molecular weight is 336 g/mol. The number of halogens is 5. The van der Waals surface area contributed by atoms with Gasteiger partial charge >= 0.3 is 6.18 Å². The Balaban J connectivity index is 2.31. The molecule has 0 aromatic heterocycles. The van der Waals surface area contributed by atoms with Crippen LogP contribution in [0.1, 0.15) is 17.5 Å². The molecule has 2 rings (SSSR count). The van der Waals surface area contributed by atoms with E-state index in [2.05, 4.69) is 6.58 Å². The third kappa shape index (κ3) is 4.69. The van der Waals surface area contributed by atoms with Gasteiger partial charge in [-0.3, -0.25) is 0 Å². The van der Waals surface area contributed by atoms with Gasteiger partial charge in [0.25, 0.3) is 0 Å². The first-order valence-electron chi connectivity index (χ1n) is 7.09. The summed E-state index contributed by atoms with van der Waals surface area (Å²) in [5.74, 6) is 1.28. The number of aryl methyl sites for hydroxylation is 1. The number of alkyl halides is 3. The molecule has 2 aromatic carbocycles. The van der Waals surface area contributed by atoms with Gasteiger partial charge in [-0.05, 0) is 42.2 Å². The Hall–Kier alpha value is -2.61. The van der Waals surface area contributed by atoms with E-state index >= 15 is 0 Å². The maximum absolute atomic E-state index is 14.2. The number of hydrogen-bond donors (Lipinski definition) is 0. The summed E-state index contributed by atoms with van der Waals surface area (Å²) in [5.41, 5.74) is 0.799. The fourth-order valence-electron chi connectivity index (χ4n) is 2.14. The summed E-state index contributed by atoms with van der Waals surface area (Å²) in [6, 6.07) is 8.01. The Morgan fingerprint density at radius 2 is 1.75 bits per heavy atom. The number of allylic oxidation sites excluding steroid dienone is 1. The predicted octanol–water partition coefficient (Wildman–Crippen LogP) is 5.66. The molecule has 0 aliphatic heterocycles. The van der Waals surface area contributed by atoms with E-state index in [1.54, 1.807) is 18.1 Å². The van der Waals surface area contributed by atoms with E-state index in [1.165, 1.54) is 18.2 Å². The topological polar surface area (TPSA) is 0 Å². The molecule has 0 aliphatic carbocycles. The standard InChI is InChI=1S/C19H13F5/c1-2-3-4-13-5-8-16(18(21)11-13)15-7-6-14(17(20)12-15)9-10-19(22,23)24/h2,5-8,11-12H,1,3-4H2. The summed E-state index contributed by atoms with van der Waals surface area (Å²) < 4.78 is 64.2. The van der Waals surface area contributed by atoms with Crippen LogP contribution in [0.25, 0.3) is 11.1 Å². The molecule has 0 amide bonds. The normalized spacial score (nSPS) is 10.9. The zero-order chi connectivity index (χ0) is 17.7. The van der Waals surface area contributed by atoms with Crippen LogP contribution in [0.2, 0.25) is 0 Å². The largest absolute Gasteiger partial charge is 0.458 e. The fraction of sp³-hybridized carbons (Fsp3) is 0.158. The van der Waals surface area contributed by atoms with E-state index < -0.39 is 17.8 Å². The van der Waals surface area contributed by atoms with Gasteiger partial charge in [-0.15, -0.1) is 6.58 Å². The highest BCUT2D eigenvalue weighted by Crippen LogP contribution is 2.26. The van der Waals surface area contributed by atoms with Gasteiger partial charge < -0.3 is 0 Å². The Kier molecular flexibility index (Phi) is 5.40. The summed E-state index contributed by atoms with van der Waals surface area (Å²) in [6.45, 7) is 3.59. The third-order valence-corrected chi connectivity index (χ3v) is 3.29. The zero-order valence-corrected chi connectivity index (χ0v) is 12.6. The van der Waals surface area contributed by atoms with Gasteiger partial charge in [-0.2, -0.15) is 13.2 Å². The lowest BCUT2D eigenvalue weighted by molar-refractivity contribution is -0.0696. The molecule has 0 atom stereocenters. The van der Waals surface area contributed by atoms with Crippen LogP contribution in [0, 0.1) is 23.5 Å². The molecule has 0 fully saturated rings. The van der Waals surface area contributed by atoms with Crippen molar-refractivity contribution in [3.63, 3.8) is 0 Å². The SMILES string of the molecule is C=CCCc1ccc(-c2ccc(C#CC(F)(F)F)c(F)c2)c(F)c1. The minimum atomic E-state index is -4.70. The molecular formula is C19H13F5. The van der Waals surface area contributed by atoms with Crippen LogP contribution in [0.4, 0.5) is 22.0 Å². The van der Waals surface area contributed by atoms with Crippen LogP contribution in [0.15, 0.2) is 49.1 Å². The van der Waals surface area contributed by atoms with Crippen LogP contribution >= 0.6 is 0 Å². The first-order valence-corrected chi connectivity index (χ1v) is 7.09. The van der Waals surface area contributed by atoms with Crippen molar-refractivity contribution >= 4 is 0 Å². The van der Waals surface area contributed by atoms with Crippen molar-refractivity contribution in [1.82, 2.24) is 0 Å². The van der Waals surface area contributed by atoms with E-state index in [-0.39, 0.29) is 16.7 Å². The van der Waals surface area contributed by atoms with Crippen molar-refractivity contribution in [1.29, 1.82) is 0 Å². The number of hydrogen-bond acceptors (Lipinski definition) is 0.